The van der Waals surface area contributed by atoms with Gasteiger partial charge in [-0.1, -0.05) is 25.4 Å². The van der Waals surface area contributed by atoms with Crippen molar-refractivity contribution in [2.24, 2.45) is 0 Å². The summed E-state index contributed by atoms with van der Waals surface area (Å²) in [6, 6.07) is 6.76. The van der Waals surface area contributed by atoms with Crippen LogP contribution in [0.3, 0.4) is 0 Å². The molecule has 0 unspecified atom stereocenters. The van der Waals surface area contributed by atoms with Crippen LogP contribution in [-0.4, -0.2) is 16.5 Å². The van der Waals surface area contributed by atoms with Crippen molar-refractivity contribution >= 4 is 17.9 Å². The summed E-state index contributed by atoms with van der Waals surface area (Å²) < 4.78 is 5.63. The third kappa shape index (κ3) is 3.07. The van der Waals surface area contributed by atoms with Gasteiger partial charge in [0.2, 0.25) is 0 Å². The Labute approximate surface area is 133 Å². The van der Waals surface area contributed by atoms with Gasteiger partial charge in [-0.15, -0.1) is 5.10 Å². The minimum Gasteiger partial charge on any atom is -0.435 e. The first-order valence-electron chi connectivity index (χ1n) is 6.85. The molecule has 22 heavy (non-hydrogen) atoms. The zero-order valence-electron chi connectivity index (χ0n) is 12.3. The van der Waals surface area contributed by atoms with Gasteiger partial charge in [0.15, 0.2) is 0 Å². The molecule has 0 N–H and O–H groups in total. The summed E-state index contributed by atoms with van der Waals surface area (Å²) in [5.74, 6) is 0.446. The van der Waals surface area contributed by atoms with Crippen LogP contribution in [0.5, 0.6) is 11.6 Å². The average Bonchev–Trinajstić information content (AvgIpc) is 2.55. The Morgan fingerprint density at radius 3 is 2.64 bits per heavy atom. The Morgan fingerprint density at radius 2 is 2.09 bits per heavy atom. The largest absolute Gasteiger partial charge is 0.435 e. The molecule has 0 aliphatic rings. The minimum absolute atomic E-state index is 0.123. The first kappa shape index (κ1) is 15.9. The van der Waals surface area contributed by atoms with E-state index in [4.69, 9.17) is 16.3 Å². The highest BCUT2D eigenvalue weighted by Crippen LogP contribution is 2.31. The SMILES string of the molecule is CCc1nnc(Oc2ccc(C=O)cc2Cl)c(C#N)c1CC. The third-order valence-corrected chi connectivity index (χ3v) is 3.52. The molecule has 0 radical (unpaired) electrons. The summed E-state index contributed by atoms with van der Waals surface area (Å²) >= 11 is 6.07. The van der Waals surface area contributed by atoms with Gasteiger partial charge in [-0.3, -0.25) is 4.79 Å². The van der Waals surface area contributed by atoms with Gasteiger partial charge in [0.1, 0.15) is 23.7 Å². The highest BCUT2D eigenvalue weighted by atomic mass is 35.5. The van der Waals surface area contributed by atoms with Crippen molar-refractivity contribution in [3.8, 4) is 17.7 Å². The molecule has 1 aromatic carbocycles. The lowest BCUT2D eigenvalue weighted by Crippen LogP contribution is -2.05. The predicted molar refractivity (Wildman–Crippen MR) is 82.4 cm³/mol. The molecule has 0 amide bonds. The molecule has 0 fully saturated rings. The van der Waals surface area contributed by atoms with E-state index in [0.29, 0.717) is 36.0 Å². The van der Waals surface area contributed by atoms with Crippen molar-refractivity contribution in [3.05, 3.63) is 45.6 Å². The van der Waals surface area contributed by atoms with Crippen molar-refractivity contribution < 1.29 is 9.53 Å². The average molecular weight is 316 g/mol. The van der Waals surface area contributed by atoms with Crippen molar-refractivity contribution in [1.29, 1.82) is 5.26 Å². The maximum absolute atomic E-state index is 10.7. The number of hydrogen-bond donors (Lipinski definition) is 0. The van der Waals surface area contributed by atoms with E-state index in [-0.39, 0.29) is 10.9 Å². The van der Waals surface area contributed by atoms with Crippen LogP contribution >= 0.6 is 11.6 Å². The highest BCUT2D eigenvalue weighted by molar-refractivity contribution is 6.32. The van der Waals surface area contributed by atoms with E-state index in [9.17, 15) is 10.1 Å². The van der Waals surface area contributed by atoms with Crippen LogP contribution in [-0.2, 0) is 12.8 Å². The van der Waals surface area contributed by atoms with Gasteiger partial charge >= 0.3 is 0 Å². The highest BCUT2D eigenvalue weighted by Gasteiger charge is 2.17. The zero-order chi connectivity index (χ0) is 16.1. The molecule has 112 valence electrons. The molecule has 6 heteroatoms. The lowest BCUT2D eigenvalue weighted by atomic mass is 10.0. The standard InChI is InChI=1S/C16H14ClN3O2/c1-3-11-12(8-18)16(20-19-14(11)4-2)22-15-6-5-10(9-21)7-13(15)17/h5-7,9H,3-4H2,1-2H3. The maximum atomic E-state index is 10.7. The molecule has 0 bridgehead atoms. The molecule has 2 aromatic rings. The van der Waals surface area contributed by atoms with Gasteiger partial charge in [0.25, 0.3) is 5.88 Å². The fourth-order valence-corrected chi connectivity index (χ4v) is 2.35. The van der Waals surface area contributed by atoms with Crippen LogP contribution in [0, 0.1) is 11.3 Å². The van der Waals surface area contributed by atoms with Crippen molar-refractivity contribution in [3.63, 3.8) is 0 Å². The van der Waals surface area contributed by atoms with Crippen LogP contribution in [0.1, 0.15) is 41.0 Å². The molecule has 0 aliphatic carbocycles. The smallest absolute Gasteiger partial charge is 0.257 e. The lowest BCUT2D eigenvalue weighted by molar-refractivity contribution is 0.112. The summed E-state index contributed by atoms with van der Waals surface area (Å²) in [4.78, 5) is 10.7. The molecule has 1 aromatic heterocycles. The number of aryl methyl sites for hydroxylation is 1. The number of carbonyl (C=O) groups excluding carboxylic acids is 1. The van der Waals surface area contributed by atoms with Gasteiger partial charge in [-0.25, -0.2) is 0 Å². The Morgan fingerprint density at radius 1 is 1.32 bits per heavy atom. The van der Waals surface area contributed by atoms with Crippen LogP contribution in [0.15, 0.2) is 18.2 Å². The number of aldehydes is 1. The van der Waals surface area contributed by atoms with Crippen LogP contribution in [0.2, 0.25) is 5.02 Å². The number of halogens is 1. The van der Waals surface area contributed by atoms with E-state index in [0.717, 1.165) is 11.3 Å². The van der Waals surface area contributed by atoms with Gasteiger partial charge in [0, 0.05) is 5.56 Å². The van der Waals surface area contributed by atoms with Gasteiger partial charge in [-0.05, 0) is 36.6 Å². The van der Waals surface area contributed by atoms with Crippen molar-refractivity contribution in [2.45, 2.75) is 26.7 Å². The quantitative estimate of drug-likeness (QED) is 0.786. The molecular weight excluding hydrogens is 302 g/mol. The van der Waals surface area contributed by atoms with E-state index in [1.165, 1.54) is 6.07 Å². The maximum Gasteiger partial charge on any atom is 0.257 e. The fourth-order valence-electron chi connectivity index (χ4n) is 2.12. The summed E-state index contributed by atoms with van der Waals surface area (Å²) in [5.41, 5.74) is 2.42. The Kier molecular flexibility index (Phi) is 5.08. The number of rotatable bonds is 5. The molecule has 0 saturated carbocycles. The van der Waals surface area contributed by atoms with Crippen molar-refractivity contribution in [1.82, 2.24) is 10.2 Å². The van der Waals surface area contributed by atoms with Crippen LogP contribution < -0.4 is 4.74 Å². The van der Waals surface area contributed by atoms with E-state index < -0.39 is 0 Å². The topological polar surface area (TPSA) is 75.9 Å². The third-order valence-electron chi connectivity index (χ3n) is 3.22. The molecular formula is C16H14ClN3O2. The van der Waals surface area contributed by atoms with Gasteiger partial charge in [-0.2, -0.15) is 10.4 Å². The van der Waals surface area contributed by atoms with Gasteiger partial charge in [0.05, 0.1) is 10.7 Å². The number of aromatic nitrogens is 2. The zero-order valence-corrected chi connectivity index (χ0v) is 13.0. The predicted octanol–water partition coefficient (Wildman–Crippen LogP) is 3.73. The molecule has 0 saturated heterocycles. The van der Waals surface area contributed by atoms with E-state index in [1.807, 2.05) is 13.8 Å². The monoisotopic (exact) mass is 315 g/mol. The van der Waals surface area contributed by atoms with Gasteiger partial charge < -0.3 is 4.74 Å². The fraction of sp³-hybridized carbons (Fsp3) is 0.250. The Hall–Kier alpha value is -2.45. The number of nitriles is 1. The molecule has 2 rings (SSSR count). The van der Waals surface area contributed by atoms with Crippen LogP contribution in [0.4, 0.5) is 0 Å². The Balaban J connectivity index is 2.46. The van der Waals surface area contributed by atoms with E-state index >= 15 is 0 Å². The molecule has 0 spiro atoms. The molecule has 0 atom stereocenters. The molecule has 0 aliphatic heterocycles. The first-order chi connectivity index (χ1) is 10.6. The second-order valence-corrected chi connectivity index (χ2v) is 4.94. The molecule has 1 heterocycles. The summed E-state index contributed by atoms with van der Waals surface area (Å²) in [5, 5.41) is 17.8. The normalized spacial score (nSPS) is 10.1. The number of benzene rings is 1. The number of nitrogens with zero attached hydrogens (tertiary/aromatic N) is 3. The lowest BCUT2D eigenvalue weighted by Gasteiger charge is -2.12. The second kappa shape index (κ2) is 7.01. The second-order valence-electron chi connectivity index (χ2n) is 4.53. The summed E-state index contributed by atoms with van der Waals surface area (Å²) in [6.45, 7) is 3.91. The first-order valence-corrected chi connectivity index (χ1v) is 7.23. The number of ether oxygens (including phenoxy) is 1. The Bertz CT molecular complexity index is 754. The molecule has 5 nitrogen and oxygen atoms in total. The minimum atomic E-state index is 0.123. The van der Waals surface area contributed by atoms with E-state index in [1.54, 1.807) is 12.1 Å². The number of carbonyl (C=O) groups is 1. The summed E-state index contributed by atoms with van der Waals surface area (Å²) in [6.07, 6.45) is 2.05. The van der Waals surface area contributed by atoms with Crippen LogP contribution in [0.25, 0.3) is 0 Å². The van der Waals surface area contributed by atoms with E-state index in [2.05, 4.69) is 16.3 Å². The summed E-state index contributed by atoms with van der Waals surface area (Å²) in [7, 11) is 0. The number of hydrogen-bond acceptors (Lipinski definition) is 5. The van der Waals surface area contributed by atoms with Crippen molar-refractivity contribution in [2.75, 3.05) is 0 Å².